The highest BCUT2D eigenvalue weighted by molar-refractivity contribution is 9.11. The summed E-state index contributed by atoms with van der Waals surface area (Å²) in [7, 11) is 1.59. The normalized spacial score (nSPS) is 18.1. The van der Waals surface area contributed by atoms with E-state index in [1.165, 1.54) is 0 Å². The van der Waals surface area contributed by atoms with Crippen LogP contribution in [0.2, 0.25) is 0 Å². The molecule has 90 valence electrons. The third kappa shape index (κ3) is 2.08. The molecule has 0 bridgehead atoms. The van der Waals surface area contributed by atoms with Gasteiger partial charge in [-0.2, -0.15) is 0 Å². The standard InChI is InChI=1S/C13H12Br2O2/c1-3-4-7-5-8-9(14)6-10(15)13(17-2)11(8)12(7)16/h3,6-7H,1,4-5H2,2H3. The summed E-state index contributed by atoms with van der Waals surface area (Å²) in [5.41, 5.74) is 1.75. The van der Waals surface area contributed by atoms with E-state index < -0.39 is 0 Å². The van der Waals surface area contributed by atoms with Crippen LogP contribution in [-0.4, -0.2) is 12.9 Å². The smallest absolute Gasteiger partial charge is 0.170 e. The number of fused-ring (bicyclic) bond motifs is 1. The summed E-state index contributed by atoms with van der Waals surface area (Å²) in [5.74, 6) is 0.792. The summed E-state index contributed by atoms with van der Waals surface area (Å²) >= 11 is 6.92. The molecule has 2 nitrogen and oxygen atoms in total. The molecule has 0 heterocycles. The monoisotopic (exact) mass is 358 g/mol. The first-order chi connectivity index (χ1) is 8.10. The number of ketones is 1. The number of Topliss-reactive ketones (excluding diaryl/α,β-unsaturated/α-hetero) is 1. The lowest BCUT2D eigenvalue weighted by molar-refractivity contribution is 0.0935. The van der Waals surface area contributed by atoms with E-state index in [4.69, 9.17) is 4.74 Å². The Morgan fingerprint density at radius 3 is 2.82 bits per heavy atom. The second-order valence-electron chi connectivity index (χ2n) is 4.02. The average Bonchev–Trinajstić information content (AvgIpc) is 2.59. The number of benzene rings is 1. The molecule has 0 saturated carbocycles. The minimum atomic E-state index is 0.00185. The van der Waals surface area contributed by atoms with Crippen molar-refractivity contribution in [3.05, 3.63) is 38.8 Å². The second-order valence-corrected chi connectivity index (χ2v) is 5.73. The Hall–Kier alpha value is -0.610. The summed E-state index contributed by atoms with van der Waals surface area (Å²) in [6.45, 7) is 3.70. The predicted octanol–water partition coefficient (Wildman–Crippen LogP) is 4.15. The van der Waals surface area contributed by atoms with E-state index in [1.807, 2.05) is 6.07 Å². The van der Waals surface area contributed by atoms with E-state index in [-0.39, 0.29) is 11.7 Å². The maximum Gasteiger partial charge on any atom is 0.170 e. The van der Waals surface area contributed by atoms with Gasteiger partial charge in [0, 0.05) is 10.4 Å². The lowest BCUT2D eigenvalue weighted by Crippen LogP contribution is -2.08. The molecule has 0 N–H and O–H groups in total. The van der Waals surface area contributed by atoms with Gasteiger partial charge in [-0.3, -0.25) is 4.79 Å². The number of hydrogen-bond donors (Lipinski definition) is 0. The molecule has 0 fully saturated rings. The maximum absolute atomic E-state index is 12.3. The fraction of sp³-hybridized carbons (Fsp3) is 0.308. The molecule has 0 aliphatic heterocycles. The molecule has 1 aliphatic carbocycles. The van der Waals surface area contributed by atoms with Gasteiger partial charge in [0.25, 0.3) is 0 Å². The van der Waals surface area contributed by atoms with Gasteiger partial charge in [0.05, 0.1) is 17.1 Å². The minimum Gasteiger partial charge on any atom is -0.495 e. The SMILES string of the molecule is C=CCC1Cc2c(Br)cc(Br)c(OC)c2C1=O. The van der Waals surface area contributed by atoms with Crippen LogP contribution in [0.25, 0.3) is 0 Å². The Morgan fingerprint density at radius 2 is 2.24 bits per heavy atom. The van der Waals surface area contributed by atoms with Crippen LogP contribution >= 0.6 is 31.9 Å². The second kappa shape index (κ2) is 4.94. The van der Waals surface area contributed by atoms with Gasteiger partial charge in [-0.05, 0) is 40.4 Å². The number of halogens is 2. The van der Waals surface area contributed by atoms with Crippen LogP contribution in [0.3, 0.4) is 0 Å². The Bertz CT molecular complexity index is 495. The molecular weight excluding hydrogens is 348 g/mol. The number of methoxy groups -OCH3 is 1. The van der Waals surface area contributed by atoms with Gasteiger partial charge in [-0.15, -0.1) is 6.58 Å². The van der Waals surface area contributed by atoms with Crippen LogP contribution in [0.5, 0.6) is 5.75 Å². The van der Waals surface area contributed by atoms with Crippen molar-refractivity contribution in [3.8, 4) is 5.75 Å². The summed E-state index contributed by atoms with van der Waals surface area (Å²) in [4.78, 5) is 12.3. The zero-order valence-corrected chi connectivity index (χ0v) is 12.6. The van der Waals surface area contributed by atoms with E-state index in [9.17, 15) is 4.79 Å². The molecule has 2 rings (SSSR count). The maximum atomic E-state index is 12.3. The van der Waals surface area contributed by atoms with Crippen molar-refractivity contribution in [2.24, 2.45) is 5.92 Å². The Labute approximate surface area is 117 Å². The van der Waals surface area contributed by atoms with E-state index in [1.54, 1.807) is 13.2 Å². The summed E-state index contributed by atoms with van der Waals surface area (Å²) < 4.78 is 7.09. The van der Waals surface area contributed by atoms with E-state index >= 15 is 0 Å². The van der Waals surface area contributed by atoms with Crippen molar-refractivity contribution in [3.63, 3.8) is 0 Å². The van der Waals surface area contributed by atoms with Gasteiger partial charge in [0.15, 0.2) is 5.78 Å². The van der Waals surface area contributed by atoms with Crippen LogP contribution < -0.4 is 4.74 Å². The number of rotatable bonds is 3. The number of hydrogen-bond acceptors (Lipinski definition) is 2. The highest BCUT2D eigenvalue weighted by atomic mass is 79.9. The van der Waals surface area contributed by atoms with Gasteiger partial charge >= 0.3 is 0 Å². The van der Waals surface area contributed by atoms with Crippen LogP contribution in [-0.2, 0) is 6.42 Å². The minimum absolute atomic E-state index is 0.00185. The molecule has 0 radical (unpaired) electrons. The van der Waals surface area contributed by atoms with Crippen LogP contribution in [0, 0.1) is 5.92 Å². The molecule has 17 heavy (non-hydrogen) atoms. The van der Waals surface area contributed by atoms with E-state index in [0.717, 1.165) is 20.9 Å². The Kier molecular flexibility index (Phi) is 3.73. The van der Waals surface area contributed by atoms with Crippen molar-refractivity contribution in [1.82, 2.24) is 0 Å². The molecule has 1 aliphatic rings. The van der Waals surface area contributed by atoms with Gasteiger partial charge in [0.2, 0.25) is 0 Å². The molecule has 1 unspecified atom stereocenters. The van der Waals surface area contributed by atoms with Gasteiger partial charge in [-0.1, -0.05) is 22.0 Å². The Morgan fingerprint density at radius 1 is 1.53 bits per heavy atom. The highest BCUT2D eigenvalue weighted by Crippen LogP contribution is 2.43. The van der Waals surface area contributed by atoms with Crippen molar-refractivity contribution in [2.45, 2.75) is 12.8 Å². The van der Waals surface area contributed by atoms with Gasteiger partial charge in [-0.25, -0.2) is 0 Å². The molecule has 1 aromatic carbocycles. The van der Waals surface area contributed by atoms with E-state index in [0.29, 0.717) is 17.7 Å². The first-order valence-corrected chi connectivity index (χ1v) is 6.88. The van der Waals surface area contributed by atoms with E-state index in [2.05, 4.69) is 38.4 Å². The van der Waals surface area contributed by atoms with Crippen LogP contribution in [0.4, 0.5) is 0 Å². The van der Waals surface area contributed by atoms with Gasteiger partial charge < -0.3 is 4.74 Å². The van der Waals surface area contributed by atoms with Crippen molar-refractivity contribution in [2.75, 3.05) is 7.11 Å². The number of carbonyl (C=O) groups is 1. The molecule has 4 heteroatoms. The summed E-state index contributed by atoms with van der Waals surface area (Å²) in [6.07, 6.45) is 3.26. The lowest BCUT2D eigenvalue weighted by atomic mass is 10.0. The number of carbonyl (C=O) groups excluding carboxylic acids is 1. The molecule has 0 aromatic heterocycles. The highest BCUT2D eigenvalue weighted by Gasteiger charge is 2.35. The molecule has 0 spiro atoms. The van der Waals surface area contributed by atoms with Crippen molar-refractivity contribution < 1.29 is 9.53 Å². The lowest BCUT2D eigenvalue weighted by Gasteiger charge is -2.10. The third-order valence-electron chi connectivity index (χ3n) is 3.01. The predicted molar refractivity (Wildman–Crippen MR) is 74.7 cm³/mol. The first-order valence-electron chi connectivity index (χ1n) is 5.30. The Balaban J connectivity index is 2.57. The molecule has 1 atom stereocenters. The zero-order valence-electron chi connectivity index (χ0n) is 9.43. The molecule has 1 aromatic rings. The van der Waals surface area contributed by atoms with Gasteiger partial charge in [0.1, 0.15) is 5.75 Å². The van der Waals surface area contributed by atoms with Crippen LogP contribution in [0.1, 0.15) is 22.3 Å². The molecule has 0 amide bonds. The zero-order chi connectivity index (χ0) is 12.6. The average molecular weight is 360 g/mol. The topological polar surface area (TPSA) is 26.3 Å². The fourth-order valence-corrected chi connectivity index (χ4v) is 3.72. The third-order valence-corrected chi connectivity index (χ3v) is 4.31. The molecule has 0 saturated heterocycles. The largest absolute Gasteiger partial charge is 0.495 e. The summed E-state index contributed by atoms with van der Waals surface area (Å²) in [5, 5.41) is 0. The first kappa shape index (κ1) is 12.8. The van der Waals surface area contributed by atoms with Crippen LogP contribution in [0.15, 0.2) is 27.7 Å². The molecular formula is C13H12Br2O2. The number of ether oxygens (including phenoxy) is 1. The number of allylic oxidation sites excluding steroid dienone is 1. The van der Waals surface area contributed by atoms with Crippen molar-refractivity contribution >= 4 is 37.6 Å². The fourth-order valence-electron chi connectivity index (χ4n) is 2.23. The summed E-state index contributed by atoms with van der Waals surface area (Å²) in [6, 6.07) is 1.93. The van der Waals surface area contributed by atoms with Crippen molar-refractivity contribution in [1.29, 1.82) is 0 Å². The quantitative estimate of drug-likeness (QED) is 0.757.